The molecule has 4 N–H and O–H groups in total. The van der Waals surface area contributed by atoms with E-state index in [1.54, 1.807) is 0 Å². The van der Waals surface area contributed by atoms with Crippen LogP contribution in [0.4, 0.5) is 0 Å². The maximum Gasteiger partial charge on any atom is 0.552 e. The summed E-state index contributed by atoms with van der Waals surface area (Å²) >= 11 is 0. The topological polar surface area (TPSA) is 239 Å². The van der Waals surface area contributed by atoms with Gasteiger partial charge in [0.25, 0.3) is 11.8 Å². The van der Waals surface area contributed by atoms with Crippen LogP contribution >= 0.6 is 0 Å². The van der Waals surface area contributed by atoms with Gasteiger partial charge in [0, 0.05) is 37.6 Å². The van der Waals surface area contributed by atoms with Gasteiger partial charge < -0.3 is 39.9 Å². The van der Waals surface area contributed by atoms with Gasteiger partial charge in [-0.1, -0.05) is 88.4 Å². The molecule has 2 aliphatic heterocycles. The van der Waals surface area contributed by atoms with E-state index in [-0.39, 0.29) is 48.9 Å². The highest BCUT2D eigenvalue weighted by Crippen LogP contribution is 2.27. The van der Waals surface area contributed by atoms with Crippen LogP contribution in [0, 0.1) is 11.8 Å². The molecule has 4 unspecified atom stereocenters. The summed E-state index contributed by atoms with van der Waals surface area (Å²) in [5, 5.41) is 11.2. The first-order chi connectivity index (χ1) is 29.8. The van der Waals surface area contributed by atoms with Crippen molar-refractivity contribution in [1.82, 2.24) is 41.2 Å². The zero-order valence-corrected chi connectivity index (χ0v) is 34.7. The van der Waals surface area contributed by atoms with Crippen LogP contribution in [0.25, 0.3) is 0 Å². The quantitative estimate of drug-likeness (QED) is 0.104. The van der Waals surface area contributed by atoms with Crippen LogP contribution in [0.3, 0.4) is 0 Å². The Kier molecular flexibility index (Phi) is 15.5. The lowest BCUT2D eigenvalue weighted by molar-refractivity contribution is -0.178. The zero-order valence-electron chi connectivity index (χ0n) is 34.7. The standard InChI is InChI=1S/C42H48B2N8O10/c1-25(2)19-33(51-37(53)29(21-27-11-7-5-8-12-27)49-39(55)31-23-45-15-17-47-31)43-59-35-36(41(57)61-43)60-44(62-42(35)58)34(20-26(3)4)52-38(54)30(22-28-13-9-6-10-14-28)50-40(56)32-24-46-16-18-48-32/h5-18,23-26,29-30,33-36H,19-22H2,1-4H3,(H,49,55)(H,50,56)(H,51,53)(H,52,54)/t29?,30?,33-,34-,35?,36?/m0/s1. The fourth-order valence-corrected chi connectivity index (χ4v) is 7.04. The van der Waals surface area contributed by atoms with E-state index in [1.807, 2.05) is 88.4 Å². The van der Waals surface area contributed by atoms with Crippen LogP contribution in [-0.4, -0.2) is 106 Å². The SMILES string of the molecule is CC(C)C[C@H](NC(=O)C(Cc1ccccc1)NC(=O)c1cnccn1)B1OC(=O)C2OB([C@H](CC(C)C)NC(=O)C(Cc3ccccc3)NC(=O)c3cnccn3)OC(=O)C2O1. The molecule has 6 atom stereocenters. The first-order valence-corrected chi connectivity index (χ1v) is 20.4. The second kappa shape index (κ2) is 21.3. The summed E-state index contributed by atoms with van der Waals surface area (Å²) in [6, 6.07) is 15.9. The molecule has 2 fully saturated rings. The summed E-state index contributed by atoms with van der Waals surface area (Å²) in [6.45, 7) is 7.56. The molecular weight excluding hydrogens is 798 g/mol. The van der Waals surface area contributed by atoms with Crippen molar-refractivity contribution in [3.8, 4) is 0 Å². The van der Waals surface area contributed by atoms with Crippen LogP contribution in [0.2, 0.25) is 0 Å². The van der Waals surface area contributed by atoms with Gasteiger partial charge in [-0.2, -0.15) is 0 Å². The Morgan fingerprint density at radius 2 is 0.968 bits per heavy atom. The second-order valence-electron chi connectivity index (χ2n) is 15.8. The van der Waals surface area contributed by atoms with Gasteiger partial charge in [-0.25, -0.2) is 9.97 Å². The molecule has 2 aliphatic rings. The number of fused-ring (bicyclic) bond motifs is 1. The van der Waals surface area contributed by atoms with Crippen LogP contribution in [0.5, 0.6) is 0 Å². The van der Waals surface area contributed by atoms with Crippen LogP contribution in [0.1, 0.15) is 72.6 Å². The summed E-state index contributed by atoms with van der Waals surface area (Å²) in [5.41, 5.74) is 1.54. The first kappa shape index (κ1) is 45.0. The molecule has 6 rings (SSSR count). The van der Waals surface area contributed by atoms with E-state index in [0.29, 0.717) is 0 Å². The van der Waals surface area contributed by atoms with E-state index < -0.39 is 86.0 Å². The van der Waals surface area contributed by atoms with Gasteiger partial charge in [-0.05, 0) is 35.8 Å². The van der Waals surface area contributed by atoms with E-state index in [1.165, 1.54) is 37.2 Å². The van der Waals surface area contributed by atoms with Gasteiger partial charge in [0.15, 0.2) is 12.2 Å². The van der Waals surface area contributed by atoms with Gasteiger partial charge in [0.1, 0.15) is 23.5 Å². The number of benzene rings is 2. The van der Waals surface area contributed by atoms with E-state index in [9.17, 15) is 28.8 Å². The first-order valence-electron chi connectivity index (χ1n) is 20.4. The van der Waals surface area contributed by atoms with Crippen LogP contribution in [0.15, 0.2) is 97.8 Å². The molecule has 0 aliphatic carbocycles. The van der Waals surface area contributed by atoms with Crippen molar-refractivity contribution in [3.63, 3.8) is 0 Å². The van der Waals surface area contributed by atoms with Crippen molar-refractivity contribution >= 4 is 49.8 Å². The Morgan fingerprint density at radius 1 is 0.581 bits per heavy atom. The summed E-state index contributed by atoms with van der Waals surface area (Å²) in [4.78, 5) is 97.8. The highest BCUT2D eigenvalue weighted by Gasteiger charge is 2.57. The summed E-state index contributed by atoms with van der Waals surface area (Å²) in [6.07, 6.45) is 5.68. The number of rotatable bonds is 18. The Morgan fingerprint density at radius 3 is 1.31 bits per heavy atom. The van der Waals surface area contributed by atoms with Crippen molar-refractivity contribution in [2.24, 2.45) is 11.8 Å². The highest BCUT2D eigenvalue weighted by atomic mass is 16.7. The number of amides is 4. The third-order valence-electron chi connectivity index (χ3n) is 9.93. The van der Waals surface area contributed by atoms with E-state index >= 15 is 0 Å². The van der Waals surface area contributed by atoms with Crippen molar-refractivity contribution in [3.05, 3.63) is 120 Å². The van der Waals surface area contributed by atoms with Crippen molar-refractivity contribution < 1.29 is 47.4 Å². The molecule has 2 aromatic carbocycles. The number of carbonyl (C=O) groups is 6. The lowest BCUT2D eigenvalue weighted by Gasteiger charge is -2.41. The number of hydrogen-bond acceptors (Lipinski definition) is 14. The number of aromatic nitrogens is 4. The fraction of sp³-hybridized carbons (Fsp3) is 0.381. The third kappa shape index (κ3) is 12.3. The number of nitrogens with zero attached hydrogens (tertiary/aromatic N) is 4. The predicted molar refractivity (Wildman–Crippen MR) is 223 cm³/mol. The molecule has 62 heavy (non-hydrogen) atoms. The maximum atomic E-state index is 14.0. The van der Waals surface area contributed by atoms with Crippen LogP contribution in [-0.2, 0) is 50.6 Å². The molecule has 0 radical (unpaired) electrons. The smallest absolute Gasteiger partial charge is 0.506 e. The number of carbonyl (C=O) groups excluding carboxylic acids is 6. The molecule has 18 nitrogen and oxygen atoms in total. The van der Waals surface area contributed by atoms with Crippen LogP contribution < -0.4 is 21.3 Å². The fourth-order valence-electron chi connectivity index (χ4n) is 7.04. The Bertz CT molecular complexity index is 2010. The summed E-state index contributed by atoms with van der Waals surface area (Å²) in [7, 11) is -2.89. The van der Waals surface area contributed by atoms with Gasteiger partial charge >= 0.3 is 26.2 Å². The number of nitrogens with one attached hydrogen (secondary N) is 4. The molecule has 20 heteroatoms. The summed E-state index contributed by atoms with van der Waals surface area (Å²) in [5.74, 6) is -6.41. The average Bonchev–Trinajstić information content (AvgIpc) is 3.26. The minimum absolute atomic E-state index is 0.00846. The molecule has 4 heterocycles. The molecule has 0 spiro atoms. The third-order valence-corrected chi connectivity index (χ3v) is 9.93. The molecule has 0 bridgehead atoms. The molecule has 4 aromatic rings. The molecule has 2 aromatic heterocycles. The van der Waals surface area contributed by atoms with Crippen molar-refractivity contribution in [2.75, 3.05) is 0 Å². The van der Waals surface area contributed by atoms with Gasteiger partial charge in [0.2, 0.25) is 11.8 Å². The van der Waals surface area contributed by atoms with E-state index in [0.717, 1.165) is 11.1 Å². The van der Waals surface area contributed by atoms with E-state index in [2.05, 4.69) is 41.2 Å². The Labute approximate surface area is 359 Å². The Hall–Kier alpha value is -6.53. The van der Waals surface area contributed by atoms with Gasteiger partial charge in [-0.3, -0.25) is 38.7 Å². The van der Waals surface area contributed by atoms with Crippen molar-refractivity contribution in [1.29, 1.82) is 0 Å². The molecule has 0 saturated carbocycles. The minimum atomic E-state index is -1.58. The highest BCUT2D eigenvalue weighted by molar-refractivity contribution is 6.53. The van der Waals surface area contributed by atoms with E-state index in [4.69, 9.17) is 18.6 Å². The Balaban J connectivity index is 1.16. The molecule has 4 amide bonds. The van der Waals surface area contributed by atoms with Gasteiger partial charge in [-0.15, -0.1) is 0 Å². The number of hydrogen-bond donors (Lipinski definition) is 4. The normalized spacial score (nSPS) is 18.0. The predicted octanol–water partition coefficient (Wildman–Crippen LogP) is 1.65. The minimum Gasteiger partial charge on any atom is -0.506 e. The molecule has 322 valence electrons. The maximum absolute atomic E-state index is 14.0. The monoisotopic (exact) mass is 846 g/mol. The lowest BCUT2D eigenvalue weighted by Crippen LogP contribution is -2.68. The lowest BCUT2D eigenvalue weighted by atomic mass is 9.70. The zero-order chi connectivity index (χ0) is 44.2. The summed E-state index contributed by atoms with van der Waals surface area (Å²) < 4.78 is 23.6. The molecular formula is C42H48B2N8O10. The average molecular weight is 847 g/mol. The molecule has 2 saturated heterocycles. The van der Waals surface area contributed by atoms with Crippen molar-refractivity contribution in [2.45, 2.75) is 89.6 Å². The second-order valence-corrected chi connectivity index (χ2v) is 15.8. The largest absolute Gasteiger partial charge is 0.552 e. The van der Waals surface area contributed by atoms with Gasteiger partial charge in [0.05, 0.1) is 24.3 Å².